The fraction of sp³-hybridized carbons (Fsp3) is 0. The molecule has 0 heterocycles. The second-order valence-corrected chi connectivity index (χ2v) is 2.09. The Hall–Kier alpha value is 5.14. The summed E-state index contributed by atoms with van der Waals surface area (Å²) in [5, 5.41) is 0. The SMILES string of the molecule is O=P([O-])([O-])[O-].O=[Si]([O-])[O-].[Ca+2].[Ca+2].[Ca+2].[K+]. The molecule has 0 bridgehead atoms. The van der Waals surface area contributed by atoms with E-state index in [9.17, 15) is 0 Å². The van der Waals surface area contributed by atoms with Gasteiger partial charge in [-0.05, 0) is 0 Å². The first-order valence-corrected chi connectivity index (χ1v) is 4.03. The Kier molecular flexibility index (Phi) is 62.1. The Labute approximate surface area is 209 Å². The minimum Gasteiger partial charge on any atom is -0.822 e. The molecule has 0 spiro atoms. The summed E-state index contributed by atoms with van der Waals surface area (Å²) >= 11 is 0. The molecule has 0 aromatic rings. The minimum atomic E-state index is -5.39. The second-order valence-electron chi connectivity index (χ2n) is 0.697. The van der Waals surface area contributed by atoms with Crippen LogP contribution in [0.4, 0.5) is 0 Å². The average molecular weight is 330 g/mol. The molecule has 0 N–H and O–H groups in total. The van der Waals surface area contributed by atoms with E-state index < -0.39 is 17.0 Å². The third-order valence-corrected chi connectivity index (χ3v) is 0. The van der Waals surface area contributed by atoms with Crippen molar-refractivity contribution in [3.8, 4) is 0 Å². The van der Waals surface area contributed by atoms with Gasteiger partial charge in [-0.15, -0.1) is 0 Å². The van der Waals surface area contributed by atoms with Crippen molar-refractivity contribution in [2.45, 2.75) is 0 Å². The third kappa shape index (κ3) is 149. The molecular formula is Ca3KO7PSi+2. The molecule has 56 valence electrons. The third-order valence-electron chi connectivity index (χ3n) is 0. The van der Waals surface area contributed by atoms with Crippen LogP contribution in [0.1, 0.15) is 0 Å². The summed E-state index contributed by atoms with van der Waals surface area (Å²) in [7, 11) is -9.02. The molecule has 0 saturated carbocycles. The van der Waals surface area contributed by atoms with Gasteiger partial charge < -0.3 is 33.3 Å². The van der Waals surface area contributed by atoms with Crippen LogP contribution in [0.15, 0.2) is 0 Å². The molecule has 0 amide bonds. The van der Waals surface area contributed by atoms with Crippen LogP contribution < -0.4 is 75.7 Å². The molecule has 0 unspecified atom stereocenters. The first kappa shape index (κ1) is 36.2. The van der Waals surface area contributed by atoms with Crippen LogP contribution in [-0.2, 0) is 9.03 Å². The van der Waals surface area contributed by atoms with E-state index in [1.165, 1.54) is 0 Å². The summed E-state index contributed by atoms with van der Waals surface area (Å²) in [5.74, 6) is 0. The molecule has 0 rings (SSSR count). The van der Waals surface area contributed by atoms with Gasteiger partial charge in [0.1, 0.15) is 0 Å². The van der Waals surface area contributed by atoms with Crippen molar-refractivity contribution in [3.05, 3.63) is 0 Å². The van der Waals surface area contributed by atoms with Crippen LogP contribution in [0, 0.1) is 0 Å². The Bertz CT molecular complexity index is 123. The molecule has 7 nitrogen and oxygen atoms in total. The van der Waals surface area contributed by atoms with Crippen molar-refractivity contribution in [2.75, 3.05) is 0 Å². The van der Waals surface area contributed by atoms with E-state index in [0.29, 0.717) is 0 Å². The molecule has 0 aromatic carbocycles. The molecule has 0 aliphatic rings. The molecule has 13 heteroatoms. The molecule has 13 heavy (non-hydrogen) atoms. The van der Waals surface area contributed by atoms with Gasteiger partial charge in [-0.3, -0.25) is 0 Å². The van der Waals surface area contributed by atoms with Crippen LogP contribution in [0.5, 0.6) is 0 Å². The van der Waals surface area contributed by atoms with Gasteiger partial charge in [0.15, 0.2) is 0 Å². The Balaban J connectivity index is -0.0000000146. The Morgan fingerprint density at radius 3 is 0.923 bits per heavy atom. The van der Waals surface area contributed by atoms with Crippen molar-refractivity contribution >= 4 is 130 Å². The molecular weight excluding hydrogens is 330 g/mol. The zero-order chi connectivity index (χ0) is 8.08. The van der Waals surface area contributed by atoms with Crippen molar-refractivity contribution < 1.29 is 84.7 Å². The van der Waals surface area contributed by atoms with E-state index in [0.717, 1.165) is 0 Å². The molecule has 0 atom stereocenters. The van der Waals surface area contributed by atoms with Gasteiger partial charge in [-0.25, -0.2) is 0 Å². The summed E-state index contributed by atoms with van der Waals surface area (Å²) < 4.78 is 17.1. The predicted molar refractivity (Wildman–Crippen MR) is 31.3 cm³/mol. The van der Waals surface area contributed by atoms with Crippen LogP contribution in [0.25, 0.3) is 0 Å². The maximum absolute atomic E-state index is 8.55. The summed E-state index contributed by atoms with van der Waals surface area (Å²) in [6, 6.07) is 0. The largest absolute Gasteiger partial charge is 2.00 e. The van der Waals surface area contributed by atoms with Gasteiger partial charge in [-0.2, -0.15) is 7.82 Å². The van der Waals surface area contributed by atoms with E-state index in [1.807, 2.05) is 0 Å². The van der Waals surface area contributed by atoms with Crippen molar-refractivity contribution in [2.24, 2.45) is 0 Å². The topological polar surface area (TPSA) is 149 Å². The van der Waals surface area contributed by atoms with Crippen molar-refractivity contribution in [3.63, 3.8) is 0 Å². The van der Waals surface area contributed by atoms with Crippen LogP contribution in [0.2, 0.25) is 0 Å². The van der Waals surface area contributed by atoms with Gasteiger partial charge in [0.25, 0.3) is 0 Å². The van der Waals surface area contributed by atoms with E-state index in [4.69, 9.17) is 33.3 Å². The fourth-order valence-corrected chi connectivity index (χ4v) is 0. The quantitative estimate of drug-likeness (QED) is 0.316. The molecule has 0 saturated heterocycles. The summed E-state index contributed by atoms with van der Waals surface area (Å²) in [6.07, 6.45) is 0. The van der Waals surface area contributed by atoms with Crippen LogP contribution in [0.3, 0.4) is 0 Å². The average Bonchev–Trinajstić information content (AvgIpc) is 1.19. The number of rotatable bonds is 0. The standard InChI is InChI=1S/3Ca.K.H3O4P.O3Si/c;;;;1-5(2,3)4;1-4(2)3/h;;;;(H3,1,2,3,4);/q3*+2;+1;;-2/p-3. The smallest absolute Gasteiger partial charge is 0.822 e. The summed E-state index contributed by atoms with van der Waals surface area (Å²) in [6.45, 7) is 0. The molecule has 0 aliphatic carbocycles. The van der Waals surface area contributed by atoms with Gasteiger partial charge in [-0.1, -0.05) is 0 Å². The van der Waals surface area contributed by atoms with Gasteiger partial charge in [0.05, 0.1) is 0 Å². The second kappa shape index (κ2) is 22.3. The molecule has 0 fully saturated rings. The van der Waals surface area contributed by atoms with Gasteiger partial charge in [0.2, 0.25) is 0 Å². The minimum absolute atomic E-state index is 0. The first-order chi connectivity index (χ1) is 3.73. The predicted octanol–water partition coefficient (Wildman–Crippen LogP) is -9.84. The summed E-state index contributed by atoms with van der Waals surface area (Å²) in [5.41, 5.74) is 0. The zero-order valence-electron chi connectivity index (χ0n) is 6.93. The van der Waals surface area contributed by atoms with Crippen LogP contribution >= 0.6 is 7.82 Å². The van der Waals surface area contributed by atoms with Gasteiger partial charge >= 0.3 is 165 Å². The van der Waals surface area contributed by atoms with E-state index >= 15 is 0 Å². The number of hydrogen-bond acceptors (Lipinski definition) is 7. The first-order valence-electron chi connectivity index (χ1n) is 1.34. The zero-order valence-corrected chi connectivity index (χ0v) is 18.6. The van der Waals surface area contributed by atoms with E-state index in [1.54, 1.807) is 0 Å². The normalized spacial score (nSPS) is 6.38. The number of phosphoric acid groups is 1. The molecule has 0 radical (unpaired) electrons. The Morgan fingerprint density at radius 1 is 0.923 bits per heavy atom. The molecule has 0 aromatic heterocycles. The van der Waals surface area contributed by atoms with Crippen LogP contribution in [-0.4, -0.2) is 122 Å². The van der Waals surface area contributed by atoms with Crippen molar-refractivity contribution in [1.29, 1.82) is 0 Å². The maximum Gasteiger partial charge on any atom is 2.00 e. The van der Waals surface area contributed by atoms with E-state index in [-0.39, 0.29) is 165 Å². The van der Waals surface area contributed by atoms with E-state index in [2.05, 4.69) is 0 Å². The maximum atomic E-state index is 8.55. The monoisotopic (exact) mass is 330 g/mol. The van der Waals surface area contributed by atoms with Crippen molar-refractivity contribution in [1.82, 2.24) is 0 Å². The Morgan fingerprint density at radius 2 is 0.923 bits per heavy atom. The fourth-order valence-electron chi connectivity index (χ4n) is 0. The number of hydrogen-bond donors (Lipinski definition) is 0. The summed E-state index contributed by atoms with van der Waals surface area (Å²) in [4.78, 5) is 42.7. The molecule has 0 aliphatic heterocycles. The van der Waals surface area contributed by atoms with Gasteiger partial charge in [0, 0.05) is 9.17 Å².